The Kier molecular flexibility index (Phi) is 2.30. The first-order valence-electron chi connectivity index (χ1n) is 4.59. The Morgan fingerprint density at radius 3 is 2.92 bits per heavy atom. The van der Waals surface area contributed by atoms with Gasteiger partial charge in [-0.15, -0.1) is 0 Å². The van der Waals surface area contributed by atoms with E-state index in [1.165, 1.54) is 5.57 Å². The van der Waals surface area contributed by atoms with Gasteiger partial charge in [0.15, 0.2) is 0 Å². The monoisotopic (exact) mass is 175 g/mol. The fourth-order valence-electron chi connectivity index (χ4n) is 1.45. The molecule has 0 amide bonds. The second-order valence-corrected chi connectivity index (χ2v) is 3.34. The zero-order valence-electron chi connectivity index (χ0n) is 7.79. The molecule has 13 heavy (non-hydrogen) atoms. The lowest BCUT2D eigenvalue weighted by molar-refractivity contribution is 0.482. The van der Waals surface area contributed by atoms with E-state index >= 15 is 0 Å². The summed E-state index contributed by atoms with van der Waals surface area (Å²) in [6.07, 6.45) is 6.97. The maximum absolute atomic E-state index is 5.48. The topological polar surface area (TPSA) is 25.5 Å². The Bertz CT molecular complexity index is 347. The van der Waals surface area contributed by atoms with E-state index in [4.69, 9.17) is 4.42 Å². The SMILES string of the molecule is Cc1ccc(CCC2=CN=CC2)o1. The fraction of sp³-hybridized carbons (Fsp3) is 0.364. The molecule has 0 unspecified atom stereocenters. The average molecular weight is 175 g/mol. The van der Waals surface area contributed by atoms with Crippen LogP contribution in [0.15, 0.2) is 33.3 Å². The third kappa shape index (κ3) is 2.08. The summed E-state index contributed by atoms with van der Waals surface area (Å²) in [5.41, 5.74) is 1.40. The second kappa shape index (κ2) is 3.60. The molecular weight excluding hydrogens is 162 g/mol. The lowest BCUT2D eigenvalue weighted by atomic mass is 10.1. The molecule has 2 heterocycles. The van der Waals surface area contributed by atoms with Gasteiger partial charge in [0, 0.05) is 25.3 Å². The smallest absolute Gasteiger partial charge is 0.104 e. The molecule has 0 N–H and O–H groups in total. The van der Waals surface area contributed by atoms with Crippen LogP contribution >= 0.6 is 0 Å². The van der Waals surface area contributed by atoms with Crippen LogP contribution in [0.5, 0.6) is 0 Å². The van der Waals surface area contributed by atoms with Crippen LogP contribution in [0.25, 0.3) is 0 Å². The van der Waals surface area contributed by atoms with Crippen molar-refractivity contribution in [3.8, 4) is 0 Å². The van der Waals surface area contributed by atoms with Crippen molar-refractivity contribution >= 4 is 6.21 Å². The largest absolute Gasteiger partial charge is 0.466 e. The molecule has 0 aliphatic carbocycles. The molecule has 68 valence electrons. The summed E-state index contributed by atoms with van der Waals surface area (Å²) in [6.45, 7) is 1.97. The standard InChI is InChI=1S/C11H13NO/c1-9-2-4-11(13-9)5-3-10-6-7-12-8-10/h2,4,7-8H,3,5-6H2,1H3. The predicted molar refractivity (Wildman–Crippen MR) is 53.0 cm³/mol. The van der Waals surface area contributed by atoms with Crippen molar-refractivity contribution in [2.75, 3.05) is 0 Å². The summed E-state index contributed by atoms with van der Waals surface area (Å²) in [6, 6.07) is 4.06. The lowest BCUT2D eigenvalue weighted by Crippen LogP contribution is -1.85. The second-order valence-electron chi connectivity index (χ2n) is 3.34. The Balaban J connectivity index is 1.86. The minimum Gasteiger partial charge on any atom is -0.466 e. The van der Waals surface area contributed by atoms with Gasteiger partial charge in [0.2, 0.25) is 0 Å². The van der Waals surface area contributed by atoms with E-state index in [2.05, 4.69) is 4.99 Å². The fourth-order valence-corrected chi connectivity index (χ4v) is 1.45. The highest BCUT2D eigenvalue weighted by molar-refractivity contribution is 5.65. The van der Waals surface area contributed by atoms with Crippen LogP contribution in [0, 0.1) is 6.92 Å². The van der Waals surface area contributed by atoms with Gasteiger partial charge < -0.3 is 4.42 Å². The van der Waals surface area contributed by atoms with Gasteiger partial charge in [-0.3, -0.25) is 4.99 Å². The molecule has 0 aromatic carbocycles. The zero-order chi connectivity index (χ0) is 9.10. The molecule has 0 saturated heterocycles. The number of furan rings is 1. The van der Waals surface area contributed by atoms with Gasteiger partial charge in [-0.1, -0.05) is 0 Å². The van der Waals surface area contributed by atoms with Crippen LogP contribution in [-0.4, -0.2) is 6.21 Å². The summed E-state index contributed by atoms with van der Waals surface area (Å²) >= 11 is 0. The quantitative estimate of drug-likeness (QED) is 0.693. The van der Waals surface area contributed by atoms with Crippen molar-refractivity contribution in [2.24, 2.45) is 4.99 Å². The first kappa shape index (κ1) is 8.30. The Morgan fingerprint density at radius 2 is 2.31 bits per heavy atom. The van der Waals surface area contributed by atoms with Crippen LogP contribution in [0.3, 0.4) is 0 Å². The van der Waals surface area contributed by atoms with E-state index in [1.54, 1.807) is 0 Å². The van der Waals surface area contributed by atoms with Crippen LogP contribution < -0.4 is 0 Å². The van der Waals surface area contributed by atoms with E-state index in [0.29, 0.717) is 0 Å². The summed E-state index contributed by atoms with van der Waals surface area (Å²) in [7, 11) is 0. The molecule has 0 spiro atoms. The van der Waals surface area contributed by atoms with Gasteiger partial charge in [-0.2, -0.15) is 0 Å². The number of aryl methyl sites for hydroxylation is 2. The van der Waals surface area contributed by atoms with Gasteiger partial charge in [-0.05, 0) is 31.1 Å². The number of allylic oxidation sites excluding steroid dienone is 1. The van der Waals surface area contributed by atoms with E-state index in [9.17, 15) is 0 Å². The third-order valence-corrected chi connectivity index (χ3v) is 2.20. The molecule has 2 rings (SSSR count). The molecule has 0 bridgehead atoms. The van der Waals surface area contributed by atoms with Gasteiger partial charge in [-0.25, -0.2) is 0 Å². The van der Waals surface area contributed by atoms with E-state index in [0.717, 1.165) is 30.8 Å². The maximum Gasteiger partial charge on any atom is 0.104 e. The third-order valence-electron chi connectivity index (χ3n) is 2.20. The van der Waals surface area contributed by atoms with Gasteiger partial charge in [0.1, 0.15) is 11.5 Å². The van der Waals surface area contributed by atoms with Crippen LogP contribution in [0.4, 0.5) is 0 Å². The average Bonchev–Trinajstić information content (AvgIpc) is 2.71. The molecule has 1 aliphatic rings. The molecule has 2 heteroatoms. The summed E-state index contributed by atoms with van der Waals surface area (Å²) in [5, 5.41) is 0. The van der Waals surface area contributed by atoms with Crippen LogP contribution in [-0.2, 0) is 6.42 Å². The first-order chi connectivity index (χ1) is 6.34. The molecule has 1 aliphatic heterocycles. The van der Waals surface area contributed by atoms with Gasteiger partial charge in [0.05, 0.1) is 0 Å². The number of nitrogens with zero attached hydrogens (tertiary/aromatic N) is 1. The normalized spacial score (nSPS) is 15.0. The van der Waals surface area contributed by atoms with E-state index in [-0.39, 0.29) is 0 Å². The minimum absolute atomic E-state index is 0.989. The van der Waals surface area contributed by atoms with Crippen LogP contribution in [0.1, 0.15) is 24.4 Å². The molecule has 1 aromatic heterocycles. The molecular formula is C11H13NO. The summed E-state index contributed by atoms with van der Waals surface area (Å²) in [5.74, 6) is 2.07. The minimum atomic E-state index is 0.989. The van der Waals surface area contributed by atoms with Gasteiger partial charge >= 0.3 is 0 Å². The van der Waals surface area contributed by atoms with Gasteiger partial charge in [0.25, 0.3) is 0 Å². The van der Waals surface area contributed by atoms with Crippen molar-refractivity contribution in [2.45, 2.75) is 26.2 Å². The molecule has 0 radical (unpaired) electrons. The summed E-state index contributed by atoms with van der Waals surface area (Å²) in [4.78, 5) is 4.06. The maximum atomic E-state index is 5.48. The number of hydrogen-bond donors (Lipinski definition) is 0. The Morgan fingerprint density at radius 1 is 1.38 bits per heavy atom. The molecule has 1 aromatic rings. The molecule has 0 saturated carbocycles. The van der Waals surface area contributed by atoms with Crippen molar-refractivity contribution < 1.29 is 4.42 Å². The highest BCUT2D eigenvalue weighted by atomic mass is 16.3. The highest BCUT2D eigenvalue weighted by Gasteiger charge is 2.03. The van der Waals surface area contributed by atoms with E-state index < -0.39 is 0 Å². The number of aliphatic imine (C=N–C) groups is 1. The van der Waals surface area contributed by atoms with Crippen LogP contribution in [0.2, 0.25) is 0 Å². The molecule has 0 atom stereocenters. The van der Waals surface area contributed by atoms with Crippen molar-refractivity contribution in [3.63, 3.8) is 0 Å². The zero-order valence-corrected chi connectivity index (χ0v) is 7.79. The Hall–Kier alpha value is -1.31. The molecule has 0 fully saturated rings. The van der Waals surface area contributed by atoms with Crippen molar-refractivity contribution in [1.82, 2.24) is 0 Å². The summed E-state index contributed by atoms with van der Waals surface area (Å²) < 4.78 is 5.48. The van der Waals surface area contributed by atoms with Crippen molar-refractivity contribution in [1.29, 1.82) is 0 Å². The van der Waals surface area contributed by atoms with Crippen molar-refractivity contribution in [3.05, 3.63) is 35.4 Å². The van der Waals surface area contributed by atoms with E-state index in [1.807, 2.05) is 31.5 Å². The number of rotatable bonds is 3. The lowest BCUT2D eigenvalue weighted by Gasteiger charge is -1.97. The first-order valence-corrected chi connectivity index (χ1v) is 4.59. The number of hydrogen-bond acceptors (Lipinski definition) is 2. The Labute approximate surface area is 78.0 Å². The predicted octanol–water partition coefficient (Wildman–Crippen LogP) is 2.88. The molecule has 2 nitrogen and oxygen atoms in total. The highest BCUT2D eigenvalue weighted by Crippen LogP contribution is 2.16.